The number of nitrogens with two attached hydrogens (primary N) is 1. The molecule has 40 heavy (non-hydrogen) atoms. The Labute approximate surface area is 234 Å². The zero-order valence-corrected chi connectivity index (χ0v) is 23.2. The van der Waals surface area contributed by atoms with Gasteiger partial charge in [0, 0.05) is 17.8 Å². The fraction of sp³-hybridized carbons (Fsp3) is 0.387. The normalized spacial score (nSPS) is 19.9. The number of halogens is 2. The van der Waals surface area contributed by atoms with E-state index in [-0.39, 0.29) is 35.6 Å². The second-order valence-electron chi connectivity index (χ2n) is 11.4. The molecule has 0 spiro atoms. The van der Waals surface area contributed by atoms with E-state index in [9.17, 15) is 9.90 Å². The molecule has 1 amide bonds. The summed E-state index contributed by atoms with van der Waals surface area (Å²) in [6, 6.07) is 7.26. The van der Waals surface area contributed by atoms with Crippen LogP contribution in [-0.4, -0.2) is 33.7 Å². The zero-order valence-electron chi connectivity index (χ0n) is 23.2. The number of pyridine rings is 2. The lowest BCUT2D eigenvalue weighted by molar-refractivity contribution is -0.0389. The van der Waals surface area contributed by atoms with Crippen molar-refractivity contribution < 1.29 is 18.7 Å². The summed E-state index contributed by atoms with van der Waals surface area (Å²) in [7, 11) is 0. The lowest BCUT2D eigenvalue weighted by Gasteiger charge is -2.37. The molecule has 2 aliphatic rings. The lowest BCUT2D eigenvalue weighted by atomic mass is 9.47. The Hall–Kier alpha value is -3.43. The molecule has 4 N–H and O–H groups in total. The van der Waals surface area contributed by atoms with Gasteiger partial charge < -0.3 is 16.2 Å². The van der Waals surface area contributed by atoms with Gasteiger partial charge >= 0.3 is 0 Å². The Morgan fingerprint density at radius 2 is 1.98 bits per heavy atom. The third-order valence-corrected chi connectivity index (χ3v) is 8.29. The van der Waals surface area contributed by atoms with E-state index in [0.717, 1.165) is 37.3 Å². The molecular weight excluding hydrogens is 509 g/mol. The Balaban J connectivity index is 1.47. The van der Waals surface area contributed by atoms with E-state index in [0.29, 0.717) is 29.6 Å². The quantitative estimate of drug-likeness (QED) is 0.268. The molecule has 0 aliphatic heterocycles. The standard InChI is InChI=1S/C31H35BF2N4O2/c1-4-18-12-19(14-21(35)13-18)22-8-11-36-17-27(22)38-30(39)26-7-6-24(33)29(37-26)28-23(32(2)3)15-20(16-25(28)34)31(40)9-5-10-31/h6-8,11,13,15-17,19,21,40H,4-5,9-10,12,14,35H2,1-3H3,(H,38,39). The predicted molar refractivity (Wildman–Crippen MR) is 155 cm³/mol. The lowest BCUT2D eigenvalue weighted by Crippen LogP contribution is -2.36. The summed E-state index contributed by atoms with van der Waals surface area (Å²) >= 11 is 0. The second kappa shape index (κ2) is 11.2. The zero-order chi connectivity index (χ0) is 28.6. The number of benzene rings is 1. The molecule has 1 aromatic carbocycles. The maximum absolute atomic E-state index is 15.6. The van der Waals surface area contributed by atoms with Gasteiger partial charge in [0.05, 0.1) is 17.5 Å². The summed E-state index contributed by atoms with van der Waals surface area (Å²) in [5.74, 6) is -1.83. The number of amides is 1. The van der Waals surface area contributed by atoms with Crippen molar-refractivity contribution in [1.82, 2.24) is 9.97 Å². The van der Waals surface area contributed by atoms with Crippen LogP contribution in [0.4, 0.5) is 14.5 Å². The van der Waals surface area contributed by atoms with Gasteiger partial charge in [0.2, 0.25) is 0 Å². The first-order chi connectivity index (χ1) is 19.1. The molecule has 3 aromatic rings. The van der Waals surface area contributed by atoms with Crippen LogP contribution in [0.15, 0.2) is 54.4 Å². The van der Waals surface area contributed by atoms with Crippen LogP contribution in [0.3, 0.4) is 0 Å². The van der Waals surface area contributed by atoms with Crippen molar-refractivity contribution in [2.45, 2.75) is 76.7 Å². The number of aromatic nitrogens is 2. The van der Waals surface area contributed by atoms with E-state index in [1.54, 1.807) is 18.5 Å². The minimum absolute atomic E-state index is 0.00552. The molecule has 1 saturated carbocycles. The van der Waals surface area contributed by atoms with E-state index in [2.05, 4.69) is 28.3 Å². The number of aliphatic hydroxyl groups is 1. The highest BCUT2D eigenvalue weighted by molar-refractivity contribution is 6.72. The summed E-state index contributed by atoms with van der Waals surface area (Å²) in [5.41, 5.74) is 8.72. The predicted octanol–water partition coefficient (Wildman–Crippen LogP) is 5.55. The molecule has 2 heterocycles. The average Bonchev–Trinajstić information content (AvgIpc) is 2.91. The molecule has 208 valence electrons. The van der Waals surface area contributed by atoms with Crippen molar-refractivity contribution in [2.24, 2.45) is 5.73 Å². The van der Waals surface area contributed by atoms with Gasteiger partial charge in [-0.15, -0.1) is 0 Å². The third-order valence-electron chi connectivity index (χ3n) is 8.29. The summed E-state index contributed by atoms with van der Waals surface area (Å²) in [6.07, 6.45) is 9.89. The SMILES string of the molecule is CCC1=CC(N)CC(c2ccncc2NC(=O)c2ccc(F)c(-c3c(F)cc(C4(O)CCC4)cc3B(C)C)n2)C1. The van der Waals surface area contributed by atoms with Crippen molar-refractivity contribution in [3.05, 3.63) is 82.8 Å². The molecule has 0 radical (unpaired) electrons. The first kappa shape index (κ1) is 28.1. The highest BCUT2D eigenvalue weighted by atomic mass is 19.1. The van der Waals surface area contributed by atoms with Crippen molar-refractivity contribution in [3.8, 4) is 11.3 Å². The summed E-state index contributed by atoms with van der Waals surface area (Å²) < 4.78 is 30.8. The molecule has 0 bridgehead atoms. The smallest absolute Gasteiger partial charge is 0.274 e. The van der Waals surface area contributed by atoms with Crippen LogP contribution in [0.5, 0.6) is 0 Å². The van der Waals surface area contributed by atoms with Crippen LogP contribution in [-0.2, 0) is 5.60 Å². The van der Waals surface area contributed by atoms with E-state index in [1.165, 1.54) is 17.7 Å². The second-order valence-corrected chi connectivity index (χ2v) is 11.4. The van der Waals surface area contributed by atoms with Crippen LogP contribution in [0, 0.1) is 11.6 Å². The van der Waals surface area contributed by atoms with Crippen LogP contribution in [0.1, 0.15) is 73.0 Å². The monoisotopic (exact) mass is 544 g/mol. The Morgan fingerprint density at radius 1 is 1.20 bits per heavy atom. The number of allylic oxidation sites excluding steroid dienone is 1. The van der Waals surface area contributed by atoms with E-state index >= 15 is 8.78 Å². The van der Waals surface area contributed by atoms with E-state index in [4.69, 9.17) is 5.73 Å². The molecule has 2 aliphatic carbocycles. The van der Waals surface area contributed by atoms with Gasteiger partial charge in [0.15, 0.2) is 6.71 Å². The van der Waals surface area contributed by atoms with Crippen LogP contribution >= 0.6 is 0 Å². The summed E-state index contributed by atoms with van der Waals surface area (Å²) in [6.45, 7) is 5.68. The Kier molecular flexibility index (Phi) is 7.88. The van der Waals surface area contributed by atoms with Crippen molar-refractivity contribution in [2.75, 3.05) is 5.32 Å². The van der Waals surface area contributed by atoms with Crippen molar-refractivity contribution in [3.63, 3.8) is 0 Å². The third kappa shape index (κ3) is 5.45. The number of anilines is 1. The van der Waals surface area contributed by atoms with Crippen LogP contribution in [0.25, 0.3) is 11.3 Å². The summed E-state index contributed by atoms with van der Waals surface area (Å²) in [4.78, 5) is 21.9. The molecule has 9 heteroatoms. The Bertz CT molecular complexity index is 1470. The van der Waals surface area contributed by atoms with Gasteiger partial charge in [-0.2, -0.15) is 0 Å². The maximum Gasteiger partial charge on any atom is 0.274 e. The van der Waals surface area contributed by atoms with Crippen LogP contribution in [0.2, 0.25) is 13.6 Å². The molecule has 2 aromatic heterocycles. The van der Waals surface area contributed by atoms with Gasteiger partial charge in [-0.3, -0.25) is 9.78 Å². The first-order valence-corrected chi connectivity index (χ1v) is 14.0. The van der Waals surface area contributed by atoms with Crippen molar-refractivity contribution >= 4 is 23.8 Å². The van der Waals surface area contributed by atoms with Gasteiger partial charge in [-0.25, -0.2) is 13.8 Å². The highest BCUT2D eigenvalue weighted by Crippen LogP contribution is 2.42. The minimum atomic E-state index is -1.06. The van der Waals surface area contributed by atoms with Gasteiger partial charge in [-0.1, -0.05) is 43.7 Å². The number of hydrogen-bond acceptors (Lipinski definition) is 5. The molecule has 1 fully saturated rings. The van der Waals surface area contributed by atoms with Crippen LogP contribution < -0.4 is 16.5 Å². The fourth-order valence-electron chi connectivity index (χ4n) is 5.86. The van der Waals surface area contributed by atoms with Gasteiger partial charge in [0.1, 0.15) is 23.0 Å². The van der Waals surface area contributed by atoms with Crippen molar-refractivity contribution in [1.29, 1.82) is 0 Å². The van der Waals surface area contributed by atoms with Gasteiger partial charge in [0.25, 0.3) is 5.91 Å². The molecule has 2 atom stereocenters. The molecule has 6 nitrogen and oxygen atoms in total. The fourth-order valence-corrected chi connectivity index (χ4v) is 5.86. The minimum Gasteiger partial charge on any atom is -0.385 e. The first-order valence-electron chi connectivity index (χ1n) is 14.0. The number of rotatable bonds is 7. The van der Waals surface area contributed by atoms with Gasteiger partial charge in [-0.05, 0) is 79.8 Å². The maximum atomic E-state index is 15.6. The summed E-state index contributed by atoms with van der Waals surface area (Å²) in [5, 5.41) is 13.7. The molecule has 5 rings (SSSR count). The largest absolute Gasteiger partial charge is 0.385 e. The number of carbonyl (C=O) groups is 1. The Morgan fingerprint density at radius 3 is 2.65 bits per heavy atom. The number of nitrogens with one attached hydrogen (secondary N) is 1. The molecule has 2 unspecified atom stereocenters. The average molecular weight is 544 g/mol. The van der Waals surface area contributed by atoms with E-state index in [1.807, 2.05) is 19.7 Å². The molecule has 0 saturated heterocycles. The number of nitrogens with zero attached hydrogens (tertiary/aromatic N) is 2. The molecular formula is C31H35BF2N4O2. The number of hydrogen-bond donors (Lipinski definition) is 3. The topological polar surface area (TPSA) is 101 Å². The number of carbonyl (C=O) groups excluding carboxylic acids is 1. The highest BCUT2D eigenvalue weighted by Gasteiger charge is 2.38. The van der Waals surface area contributed by atoms with E-state index < -0.39 is 23.1 Å².